The van der Waals surface area contributed by atoms with Crippen molar-refractivity contribution in [1.82, 2.24) is 14.7 Å². The third-order valence-corrected chi connectivity index (χ3v) is 5.72. The quantitative estimate of drug-likeness (QED) is 0.498. The minimum absolute atomic E-state index is 0.0465. The highest BCUT2D eigenvalue weighted by molar-refractivity contribution is 5.79. The molecule has 0 atom stereocenters. The van der Waals surface area contributed by atoms with Crippen LogP contribution < -0.4 is 5.32 Å². The Morgan fingerprint density at radius 2 is 1.62 bits per heavy atom. The molecule has 2 fully saturated rings. The number of halogens is 3. The Kier molecular flexibility index (Phi) is 7.54. The molecule has 1 N–H and O–H groups in total. The molecule has 12 heteroatoms. The van der Waals surface area contributed by atoms with Crippen LogP contribution in [0.1, 0.15) is 24.8 Å². The first-order valence-corrected chi connectivity index (χ1v) is 10.5. The van der Waals surface area contributed by atoms with E-state index in [1.54, 1.807) is 4.90 Å². The monoisotopic (exact) mass is 457 g/mol. The van der Waals surface area contributed by atoms with Crippen molar-refractivity contribution >= 4 is 23.2 Å². The lowest BCUT2D eigenvalue weighted by Gasteiger charge is -2.35. The van der Waals surface area contributed by atoms with Gasteiger partial charge in [0.25, 0.3) is 5.69 Å². The van der Waals surface area contributed by atoms with E-state index in [0.29, 0.717) is 38.8 Å². The van der Waals surface area contributed by atoms with Gasteiger partial charge in [-0.25, -0.2) is 0 Å². The Morgan fingerprint density at radius 3 is 2.22 bits per heavy atom. The lowest BCUT2D eigenvalue weighted by Crippen LogP contribution is -2.51. The van der Waals surface area contributed by atoms with Gasteiger partial charge in [-0.05, 0) is 25.0 Å². The molecule has 0 spiro atoms. The number of rotatable bonds is 7. The summed E-state index contributed by atoms with van der Waals surface area (Å²) in [5.74, 6) is -0.0396. The molecule has 1 aromatic carbocycles. The molecule has 3 rings (SSSR count). The van der Waals surface area contributed by atoms with Crippen molar-refractivity contribution < 1.29 is 27.7 Å². The van der Waals surface area contributed by atoms with E-state index in [1.165, 1.54) is 0 Å². The van der Waals surface area contributed by atoms with E-state index in [2.05, 4.69) is 5.32 Å². The summed E-state index contributed by atoms with van der Waals surface area (Å²) in [4.78, 5) is 40.5. The Balaban J connectivity index is 1.44. The third-order valence-electron chi connectivity index (χ3n) is 5.72. The second-order valence-electron chi connectivity index (χ2n) is 7.91. The molecular formula is C20H26F3N5O4. The number of nitro groups is 1. The molecule has 0 radical (unpaired) electrons. The van der Waals surface area contributed by atoms with Crippen LogP contribution in [0.15, 0.2) is 18.2 Å². The Hall–Kier alpha value is -2.89. The number of amides is 2. The molecule has 2 heterocycles. The molecule has 32 heavy (non-hydrogen) atoms. The van der Waals surface area contributed by atoms with Gasteiger partial charge < -0.3 is 15.1 Å². The summed E-state index contributed by atoms with van der Waals surface area (Å²) in [6.07, 6.45) is -2.55. The first-order chi connectivity index (χ1) is 15.1. The van der Waals surface area contributed by atoms with Crippen LogP contribution >= 0.6 is 0 Å². The second-order valence-corrected chi connectivity index (χ2v) is 7.91. The van der Waals surface area contributed by atoms with E-state index in [1.807, 2.05) is 9.80 Å². The van der Waals surface area contributed by atoms with Crippen LogP contribution in [0.4, 0.5) is 24.5 Å². The third kappa shape index (κ3) is 6.09. The number of nitro benzene ring substituents is 1. The SMILES string of the molecule is O=C(CCNc1ccc(C(F)(F)F)cc1[N+](=O)[O-])N1CCN(CC(=O)N2CCCC2)CC1. The molecule has 2 aliphatic rings. The van der Waals surface area contributed by atoms with Crippen LogP contribution in [0.25, 0.3) is 0 Å². The second kappa shape index (κ2) is 10.2. The number of anilines is 1. The van der Waals surface area contributed by atoms with Gasteiger partial charge in [0.15, 0.2) is 0 Å². The fourth-order valence-electron chi connectivity index (χ4n) is 3.88. The first-order valence-electron chi connectivity index (χ1n) is 10.5. The van der Waals surface area contributed by atoms with Crippen molar-refractivity contribution in [1.29, 1.82) is 0 Å². The van der Waals surface area contributed by atoms with Crippen molar-refractivity contribution in [2.75, 3.05) is 57.7 Å². The predicted molar refractivity (Wildman–Crippen MR) is 110 cm³/mol. The Labute approximate surface area is 183 Å². The van der Waals surface area contributed by atoms with E-state index >= 15 is 0 Å². The number of nitrogens with zero attached hydrogens (tertiary/aromatic N) is 4. The fraction of sp³-hybridized carbons (Fsp3) is 0.600. The van der Waals surface area contributed by atoms with Crippen LogP contribution in [0.5, 0.6) is 0 Å². The van der Waals surface area contributed by atoms with Crippen molar-refractivity contribution in [2.45, 2.75) is 25.4 Å². The van der Waals surface area contributed by atoms with Crippen molar-refractivity contribution in [3.8, 4) is 0 Å². The standard InChI is InChI=1S/C20H26F3N5O4/c21-20(22,23)15-3-4-16(17(13-15)28(31)32)24-6-5-18(29)27-11-9-25(10-12-27)14-19(30)26-7-1-2-8-26/h3-4,13,24H,1-2,5-12,14H2. The van der Waals surface area contributed by atoms with E-state index < -0.39 is 22.4 Å². The topological polar surface area (TPSA) is 99.0 Å². The average molecular weight is 457 g/mol. The molecule has 0 bridgehead atoms. The molecule has 176 valence electrons. The van der Waals surface area contributed by atoms with E-state index in [9.17, 15) is 32.9 Å². The molecule has 2 aliphatic heterocycles. The summed E-state index contributed by atoms with van der Waals surface area (Å²) in [5.41, 5.74) is -1.86. The van der Waals surface area contributed by atoms with Crippen molar-refractivity contribution in [2.24, 2.45) is 0 Å². The number of nitrogens with one attached hydrogen (secondary N) is 1. The zero-order valence-electron chi connectivity index (χ0n) is 17.6. The number of likely N-dealkylation sites (tertiary alicyclic amines) is 1. The molecule has 0 unspecified atom stereocenters. The molecule has 0 saturated carbocycles. The normalized spacial score (nSPS) is 17.5. The van der Waals surface area contributed by atoms with E-state index in [-0.39, 0.29) is 30.5 Å². The van der Waals surface area contributed by atoms with Gasteiger partial charge in [-0.2, -0.15) is 13.2 Å². The van der Waals surface area contributed by atoms with Gasteiger partial charge in [-0.3, -0.25) is 24.6 Å². The predicted octanol–water partition coefficient (Wildman–Crippen LogP) is 2.18. The van der Waals surface area contributed by atoms with Gasteiger partial charge in [0.05, 0.1) is 17.0 Å². The minimum Gasteiger partial charge on any atom is -0.379 e. The smallest absolute Gasteiger partial charge is 0.379 e. The molecule has 0 aliphatic carbocycles. The number of hydrogen-bond acceptors (Lipinski definition) is 6. The molecule has 1 aromatic rings. The number of hydrogen-bond donors (Lipinski definition) is 1. The summed E-state index contributed by atoms with van der Waals surface area (Å²) in [6, 6.07) is 2.24. The summed E-state index contributed by atoms with van der Waals surface area (Å²) < 4.78 is 38.4. The molecule has 2 saturated heterocycles. The number of alkyl halides is 3. The molecular weight excluding hydrogens is 431 g/mol. The summed E-state index contributed by atoms with van der Waals surface area (Å²) >= 11 is 0. The number of carbonyl (C=O) groups excluding carboxylic acids is 2. The van der Waals surface area contributed by atoms with Gasteiger partial charge >= 0.3 is 6.18 Å². The highest BCUT2D eigenvalue weighted by Crippen LogP contribution is 2.34. The maximum atomic E-state index is 12.8. The fourth-order valence-corrected chi connectivity index (χ4v) is 3.88. The number of carbonyl (C=O) groups is 2. The molecule has 9 nitrogen and oxygen atoms in total. The Bertz CT molecular complexity index is 850. The lowest BCUT2D eigenvalue weighted by molar-refractivity contribution is -0.384. The Morgan fingerprint density at radius 1 is 1.00 bits per heavy atom. The molecule has 0 aromatic heterocycles. The summed E-state index contributed by atoms with van der Waals surface area (Å²) in [7, 11) is 0. The van der Waals surface area contributed by atoms with Crippen LogP contribution in [0.2, 0.25) is 0 Å². The maximum Gasteiger partial charge on any atom is 0.416 e. The zero-order valence-corrected chi connectivity index (χ0v) is 17.6. The van der Waals surface area contributed by atoms with Crippen LogP contribution in [-0.4, -0.2) is 83.8 Å². The minimum atomic E-state index is -4.68. The highest BCUT2D eigenvalue weighted by Gasteiger charge is 2.33. The van der Waals surface area contributed by atoms with E-state index in [0.717, 1.165) is 38.1 Å². The van der Waals surface area contributed by atoms with E-state index in [4.69, 9.17) is 0 Å². The van der Waals surface area contributed by atoms with Gasteiger partial charge in [0.1, 0.15) is 5.69 Å². The zero-order chi connectivity index (χ0) is 23.3. The highest BCUT2D eigenvalue weighted by atomic mass is 19.4. The van der Waals surface area contributed by atoms with Gasteiger partial charge in [0.2, 0.25) is 11.8 Å². The lowest BCUT2D eigenvalue weighted by atomic mass is 10.1. The van der Waals surface area contributed by atoms with Crippen molar-refractivity contribution in [3.05, 3.63) is 33.9 Å². The molecule has 2 amide bonds. The summed E-state index contributed by atoms with van der Waals surface area (Å²) in [5, 5.41) is 13.8. The van der Waals surface area contributed by atoms with Crippen LogP contribution in [0, 0.1) is 10.1 Å². The van der Waals surface area contributed by atoms with Crippen LogP contribution in [0.3, 0.4) is 0 Å². The average Bonchev–Trinajstić information content (AvgIpc) is 3.28. The number of benzene rings is 1. The first kappa shape index (κ1) is 23.8. The van der Waals surface area contributed by atoms with Gasteiger partial charge in [-0.15, -0.1) is 0 Å². The summed E-state index contributed by atoms with van der Waals surface area (Å²) in [6.45, 7) is 4.15. The maximum absolute atomic E-state index is 12.8. The van der Waals surface area contributed by atoms with Gasteiger partial charge in [0, 0.05) is 58.3 Å². The van der Waals surface area contributed by atoms with Gasteiger partial charge in [-0.1, -0.05) is 0 Å². The van der Waals surface area contributed by atoms with Crippen molar-refractivity contribution in [3.63, 3.8) is 0 Å². The largest absolute Gasteiger partial charge is 0.416 e. The number of piperazine rings is 1. The van der Waals surface area contributed by atoms with Crippen LogP contribution in [-0.2, 0) is 15.8 Å².